The summed E-state index contributed by atoms with van der Waals surface area (Å²) in [5.41, 5.74) is 10.4. The summed E-state index contributed by atoms with van der Waals surface area (Å²) in [5.74, 6) is 1.03. The van der Waals surface area contributed by atoms with Crippen molar-refractivity contribution in [3.05, 3.63) is 156 Å². The smallest absolute Gasteiger partial charge is 0.177 e. The maximum atomic E-state index is 6.71. The Hall–Kier alpha value is -4.82. The molecule has 0 fully saturated rings. The van der Waals surface area contributed by atoms with E-state index in [1.165, 1.54) is 39.0 Å². The minimum atomic E-state index is -0.0410. The van der Waals surface area contributed by atoms with Gasteiger partial charge in [0.2, 0.25) is 0 Å². The molecule has 8 rings (SSSR count). The highest BCUT2D eigenvalue weighted by molar-refractivity contribution is 6.09. The average Bonchev–Trinajstić information content (AvgIpc) is 3.57. The summed E-state index contributed by atoms with van der Waals surface area (Å²) >= 11 is 0. The summed E-state index contributed by atoms with van der Waals surface area (Å²) < 4.78 is 13.2. The molecule has 0 radical (unpaired) electrons. The summed E-state index contributed by atoms with van der Waals surface area (Å²) in [7, 11) is 0. The molecule has 186 valence electrons. The predicted molar refractivity (Wildman–Crippen MR) is 159 cm³/mol. The lowest BCUT2D eigenvalue weighted by atomic mass is 9.83. The SMILES string of the molecule is C1=CC2Oc3c(c(Cc4ccccc4)cc4c3oc3ccc(-c5ccccc5)cc34)C2C=C1c1ccccc1. The van der Waals surface area contributed by atoms with Crippen molar-refractivity contribution in [3.63, 3.8) is 0 Å². The van der Waals surface area contributed by atoms with Gasteiger partial charge in [-0.25, -0.2) is 0 Å². The predicted octanol–water partition coefficient (Wildman–Crippen LogP) is 9.34. The Morgan fingerprint density at radius 3 is 2.13 bits per heavy atom. The Kier molecular flexibility index (Phi) is 5.06. The van der Waals surface area contributed by atoms with E-state index in [0.717, 1.165) is 34.1 Å². The van der Waals surface area contributed by atoms with Gasteiger partial charge >= 0.3 is 0 Å². The molecule has 39 heavy (non-hydrogen) atoms. The van der Waals surface area contributed by atoms with Crippen LogP contribution in [0.2, 0.25) is 0 Å². The van der Waals surface area contributed by atoms with Crippen LogP contribution in [0.25, 0.3) is 38.6 Å². The molecule has 6 aromatic rings. The number of allylic oxidation sites excluding steroid dienone is 2. The minimum absolute atomic E-state index is 0.0410. The van der Waals surface area contributed by atoms with Gasteiger partial charge in [-0.2, -0.15) is 0 Å². The van der Waals surface area contributed by atoms with Crippen molar-refractivity contribution in [1.82, 2.24) is 0 Å². The number of furan rings is 1. The van der Waals surface area contributed by atoms with Gasteiger partial charge in [0.1, 0.15) is 11.7 Å². The molecule has 5 aromatic carbocycles. The monoisotopic (exact) mass is 502 g/mol. The van der Waals surface area contributed by atoms with E-state index >= 15 is 0 Å². The second-order valence-corrected chi connectivity index (χ2v) is 10.5. The van der Waals surface area contributed by atoms with Crippen LogP contribution in [0.15, 0.2) is 138 Å². The fraction of sp³-hybridized carbons (Fsp3) is 0.0811. The summed E-state index contributed by atoms with van der Waals surface area (Å²) in [6.07, 6.45) is 7.58. The zero-order valence-electron chi connectivity index (χ0n) is 21.4. The molecule has 2 heterocycles. The summed E-state index contributed by atoms with van der Waals surface area (Å²) in [6.45, 7) is 0. The van der Waals surface area contributed by atoms with E-state index < -0.39 is 0 Å². The van der Waals surface area contributed by atoms with Crippen LogP contribution in [0, 0.1) is 0 Å². The van der Waals surface area contributed by atoms with Crippen LogP contribution in [-0.2, 0) is 6.42 Å². The van der Waals surface area contributed by atoms with E-state index in [1.807, 2.05) is 0 Å². The van der Waals surface area contributed by atoms with Crippen LogP contribution in [0.5, 0.6) is 5.75 Å². The third kappa shape index (κ3) is 3.72. The molecule has 0 N–H and O–H groups in total. The Bertz CT molecular complexity index is 1890. The summed E-state index contributed by atoms with van der Waals surface area (Å²) in [5, 5.41) is 2.24. The Balaban J connectivity index is 1.34. The van der Waals surface area contributed by atoms with Crippen molar-refractivity contribution in [3.8, 4) is 16.9 Å². The number of hydrogen-bond donors (Lipinski definition) is 0. The molecule has 0 spiro atoms. The highest BCUT2D eigenvalue weighted by atomic mass is 16.5. The molecule has 2 heteroatoms. The van der Waals surface area contributed by atoms with Crippen LogP contribution in [0.3, 0.4) is 0 Å². The fourth-order valence-corrected chi connectivity index (χ4v) is 6.18. The van der Waals surface area contributed by atoms with E-state index in [0.29, 0.717) is 0 Å². The third-order valence-corrected chi connectivity index (χ3v) is 8.06. The molecule has 0 bridgehead atoms. The van der Waals surface area contributed by atoms with Crippen molar-refractivity contribution in [2.24, 2.45) is 0 Å². The van der Waals surface area contributed by atoms with E-state index in [-0.39, 0.29) is 12.0 Å². The van der Waals surface area contributed by atoms with Gasteiger partial charge in [0.15, 0.2) is 11.3 Å². The first kappa shape index (κ1) is 22.2. The van der Waals surface area contributed by atoms with Crippen molar-refractivity contribution in [1.29, 1.82) is 0 Å². The number of benzene rings is 5. The second kappa shape index (κ2) is 8.89. The molecule has 2 nitrogen and oxygen atoms in total. The number of ether oxygens (including phenoxy) is 1. The maximum absolute atomic E-state index is 6.71. The molecule has 2 aliphatic rings. The van der Waals surface area contributed by atoms with E-state index in [4.69, 9.17) is 9.15 Å². The van der Waals surface area contributed by atoms with Crippen molar-refractivity contribution < 1.29 is 9.15 Å². The first-order valence-corrected chi connectivity index (χ1v) is 13.6. The van der Waals surface area contributed by atoms with Crippen molar-refractivity contribution in [2.45, 2.75) is 18.4 Å². The highest BCUT2D eigenvalue weighted by Crippen LogP contribution is 2.51. The van der Waals surface area contributed by atoms with Gasteiger partial charge in [0.05, 0.1) is 0 Å². The molecule has 0 amide bonds. The Morgan fingerprint density at radius 1 is 0.641 bits per heavy atom. The van der Waals surface area contributed by atoms with Crippen molar-refractivity contribution in [2.75, 3.05) is 0 Å². The standard InChI is InChI=1S/C37H26O2/c1-4-10-24(11-5-1)20-29-23-31-30-21-27(25-12-6-2-7-13-25)16-18-33(30)38-36(31)37-35(29)32-22-28(17-19-34(32)39-37)26-14-8-3-9-15-26/h1-19,21-23,32,34H,20H2. The first-order chi connectivity index (χ1) is 19.3. The molecule has 1 aliphatic heterocycles. The molecule has 0 saturated carbocycles. The van der Waals surface area contributed by atoms with E-state index in [2.05, 4.69) is 133 Å². The Morgan fingerprint density at radius 2 is 1.36 bits per heavy atom. The number of rotatable bonds is 4. The van der Waals surface area contributed by atoms with Crippen LogP contribution in [0.4, 0.5) is 0 Å². The van der Waals surface area contributed by atoms with Gasteiger partial charge < -0.3 is 9.15 Å². The number of hydrogen-bond acceptors (Lipinski definition) is 2. The number of fused-ring (bicyclic) bond motifs is 7. The lowest BCUT2D eigenvalue weighted by Crippen LogP contribution is -2.17. The molecular weight excluding hydrogens is 476 g/mol. The van der Waals surface area contributed by atoms with Gasteiger partial charge in [-0.15, -0.1) is 0 Å². The molecule has 0 saturated heterocycles. The van der Waals surface area contributed by atoms with Crippen LogP contribution in [-0.4, -0.2) is 6.10 Å². The largest absolute Gasteiger partial charge is 0.481 e. The van der Waals surface area contributed by atoms with E-state index in [9.17, 15) is 0 Å². The van der Waals surface area contributed by atoms with Crippen molar-refractivity contribution >= 4 is 27.5 Å². The van der Waals surface area contributed by atoms with Gasteiger partial charge in [-0.05, 0) is 64.1 Å². The average molecular weight is 503 g/mol. The summed E-state index contributed by atoms with van der Waals surface area (Å²) in [4.78, 5) is 0. The second-order valence-electron chi connectivity index (χ2n) is 10.5. The zero-order chi connectivity index (χ0) is 25.8. The quantitative estimate of drug-likeness (QED) is 0.240. The fourth-order valence-electron chi connectivity index (χ4n) is 6.18. The van der Waals surface area contributed by atoms with Crippen LogP contribution < -0.4 is 4.74 Å². The summed E-state index contributed by atoms with van der Waals surface area (Å²) in [6, 6.07) is 40.7. The highest BCUT2D eigenvalue weighted by Gasteiger charge is 2.38. The third-order valence-electron chi connectivity index (χ3n) is 8.06. The lowest BCUT2D eigenvalue weighted by Gasteiger charge is -2.20. The molecule has 1 aliphatic carbocycles. The Labute approximate surface area is 227 Å². The van der Waals surface area contributed by atoms with Gasteiger partial charge in [0.25, 0.3) is 0 Å². The van der Waals surface area contributed by atoms with Gasteiger partial charge in [-0.3, -0.25) is 0 Å². The minimum Gasteiger partial charge on any atom is -0.481 e. The van der Waals surface area contributed by atoms with Gasteiger partial charge in [0, 0.05) is 22.3 Å². The van der Waals surface area contributed by atoms with Crippen LogP contribution in [0.1, 0.15) is 28.2 Å². The molecule has 2 unspecified atom stereocenters. The van der Waals surface area contributed by atoms with Crippen LogP contribution >= 0.6 is 0 Å². The topological polar surface area (TPSA) is 22.4 Å². The lowest BCUT2D eigenvalue weighted by molar-refractivity contribution is 0.269. The molecule has 1 aromatic heterocycles. The zero-order valence-corrected chi connectivity index (χ0v) is 21.4. The maximum Gasteiger partial charge on any atom is 0.177 e. The van der Waals surface area contributed by atoms with E-state index in [1.54, 1.807) is 0 Å². The first-order valence-electron chi connectivity index (χ1n) is 13.6. The molecule has 2 atom stereocenters. The molecular formula is C37H26O2. The van der Waals surface area contributed by atoms with Gasteiger partial charge in [-0.1, -0.05) is 109 Å². The normalized spacial score (nSPS) is 17.6.